The van der Waals surface area contributed by atoms with Gasteiger partial charge in [-0.15, -0.1) is 36.4 Å². The van der Waals surface area contributed by atoms with Crippen LogP contribution < -0.4 is 20.1 Å². The molecule has 4 aromatic carbocycles. The number of hydrogen-bond donors (Lipinski definition) is 2. The monoisotopic (exact) mass is 606 g/mol. The van der Waals surface area contributed by atoms with Crippen LogP contribution in [0.25, 0.3) is 0 Å². The van der Waals surface area contributed by atoms with E-state index in [-0.39, 0.29) is 45.3 Å². The van der Waals surface area contributed by atoms with Crippen LogP contribution >= 0.6 is 0 Å². The van der Waals surface area contributed by atoms with Crippen LogP contribution in [0.5, 0.6) is 11.5 Å². The molecule has 0 aromatic heterocycles. The summed E-state index contributed by atoms with van der Waals surface area (Å²) in [5, 5.41) is 4.80. The van der Waals surface area contributed by atoms with Crippen LogP contribution in [0.15, 0.2) is 84.9 Å². The second kappa shape index (κ2) is 20.9. The van der Waals surface area contributed by atoms with E-state index in [4.69, 9.17) is 0 Å². The van der Waals surface area contributed by atoms with Crippen molar-refractivity contribution in [3.8, 4) is 11.5 Å². The minimum absolute atomic E-state index is 0. The maximum absolute atomic E-state index is 12.9. The van der Waals surface area contributed by atoms with Gasteiger partial charge < -0.3 is 20.1 Å². The molecule has 2 N–H and O–H groups in total. The molecule has 0 atom stereocenters. The first-order valence-corrected chi connectivity index (χ1v) is 12.0. The van der Waals surface area contributed by atoms with Gasteiger partial charge in [0.05, 0.1) is 23.1 Å². The Morgan fingerprint density at radius 3 is 1.20 bits per heavy atom. The van der Waals surface area contributed by atoms with Crippen molar-refractivity contribution < 1.29 is 58.3 Å². The molecule has 0 heterocycles. The maximum atomic E-state index is 12.9. The van der Waals surface area contributed by atoms with Crippen LogP contribution in [0.1, 0.15) is 27.7 Å². The van der Waals surface area contributed by atoms with Crippen LogP contribution in [0.4, 0.5) is 27.2 Å². The Kier molecular flexibility index (Phi) is 19.0. The summed E-state index contributed by atoms with van der Waals surface area (Å²) in [6, 6.07) is 27.3. The second-order valence-corrected chi connectivity index (χ2v) is 8.27. The van der Waals surface area contributed by atoms with Crippen molar-refractivity contribution in [2.75, 3.05) is 0 Å². The Bertz CT molecular complexity index is 1120. The van der Waals surface area contributed by atoms with Crippen molar-refractivity contribution in [3.63, 3.8) is 0 Å². The Balaban J connectivity index is 0.000000573. The number of halogens is 4. The van der Waals surface area contributed by atoms with Crippen molar-refractivity contribution in [1.29, 1.82) is 0 Å². The Hall–Kier alpha value is -3.89. The molecule has 0 aliphatic heterocycles. The quantitative estimate of drug-likeness (QED) is 0.145. The molecule has 0 aliphatic rings. The molecule has 0 radical (unpaired) electrons. The summed E-state index contributed by atoms with van der Waals surface area (Å²) in [6.07, 6.45) is -1.58. The molecule has 11 heteroatoms. The van der Waals surface area contributed by atoms with Gasteiger partial charge in [0.15, 0.2) is 0 Å². The third kappa shape index (κ3) is 18.2. The topological polar surface area (TPSA) is 76.7 Å². The molecule has 0 saturated heterocycles. The van der Waals surface area contributed by atoms with E-state index in [1.807, 2.05) is 60.7 Å². The molecule has 41 heavy (non-hydrogen) atoms. The van der Waals surface area contributed by atoms with Gasteiger partial charge in [-0.3, -0.25) is 0 Å². The van der Waals surface area contributed by atoms with Gasteiger partial charge in [0.2, 0.25) is 0 Å². The van der Waals surface area contributed by atoms with Crippen LogP contribution in [0.2, 0.25) is 0 Å². The van der Waals surface area contributed by atoms with Crippen LogP contribution in [0.3, 0.4) is 0 Å². The third-order valence-electron chi connectivity index (χ3n) is 3.98. The zero-order chi connectivity index (χ0) is 29.9. The fourth-order valence-electron chi connectivity index (χ4n) is 2.39. The summed E-state index contributed by atoms with van der Waals surface area (Å²) in [7, 11) is 0. The van der Waals surface area contributed by atoms with Gasteiger partial charge in [0.1, 0.15) is 0 Å². The average molecular weight is 606 g/mol. The summed E-state index contributed by atoms with van der Waals surface area (Å²) < 4.78 is 60.0. The van der Waals surface area contributed by atoms with E-state index >= 15 is 0 Å². The molecule has 0 bridgehead atoms. The van der Waals surface area contributed by atoms with Gasteiger partial charge >= 0.3 is 33.9 Å². The summed E-state index contributed by atoms with van der Waals surface area (Å²) in [5.41, 5.74) is 0. The minimum Gasteiger partial charge on any atom is -0.472 e. The van der Waals surface area contributed by atoms with E-state index in [0.29, 0.717) is 0 Å². The number of nitrogens with one attached hydrogen (secondary N) is 2. The van der Waals surface area contributed by atoms with Crippen molar-refractivity contribution in [2.45, 2.75) is 39.8 Å². The predicted octanol–water partition coefficient (Wildman–Crippen LogP) is 7.33. The van der Waals surface area contributed by atoms with Crippen LogP contribution in [-0.2, 0) is 21.7 Å². The first-order valence-electron chi connectivity index (χ1n) is 12.0. The molecule has 4 rings (SSSR count). The molecule has 0 fully saturated rings. The number of amides is 2. The number of rotatable bonds is 4. The second-order valence-electron chi connectivity index (χ2n) is 8.27. The van der Waals surface area contributed by atoms with Crippen molar-refractivity contribution in [3.05, 3.63) is 120 Å². The van der Waals surface area contributed by atoms with Crippen LogP contribution in [0, 0.1) is 35.4 Å². The summed E-state index contributed by atoms with van der Waals surface area (Å²) in [6.45, 7) is 6.92. The zero-order valence-electron chi connectivity index (χ0n) is 22.9. The minimum atomic E-state index is -1.03. The van der Waals surface area contributed by atoms with E-state index in [2.05, 4.69) is 20.1 Å². The number of carbonyl (C=O) groups is 2. The zero-order valence-corrected chi connectivity index (χ0v) is 24.4. The van der Waals surface area contributed by atoms with Gasteiger partial charge in [-0.2, -0.15) is 36.4 Å². The van der Waals surface area contributed by atoms with E-state index < -0.39 is 35.5 Å². The molecule has 0 saturated carbocycles. The third-order valence-corrected chi connectivity index (χ3v) is 3.98. The van der Waals surface area contributed by atoms with Crippen molar-refractivity contribution in [2.24, 2.45) is 0 Å². The average Bonchev–Trinajstić information content (AvgIpc) is 3.62. The van der Waals surface area contributed by atoms with Gasteiger partial charge in [-0.1, -0.05) is 0 Å². The molecule has 4 aromatic rings. The molecule has 6 nitrogen and oxygen atoms in total. The fourth-order valence-corrected chi connectivity index (χ4v) is 2.39. The molecule has 0 spiro atoms. The molecule has 216 valence electrons. The van der Waals surface area contributed by atoms with E-state index in [0.717, 1.165) is 24.3 Å². The van der Waals surface area contributed by atoms with Crippen LogP contribution in [-0.4, -0.2) is 24.3 Å². The molecule has 0 unspecified atom stereocenters. The fraction of sp³-hybridized carbons (Fsp3) is 0.200. The number of benzene rings is 2. The predicted molar refractivity (Wildman–Crippen MR) is 143 cm³/mol. The molecule has 0 aliphatic carbocycles. The Morgan fingerprint density at radius 1 is 0.659 bits per heavy atom. The normalized spacial score (nSPS) is 9.41. The van der Waals surface area contributed by atoms with Gasteiger partial charge in [0, 0.05) is 23.7 Å². The van der Waals surface area contributed by atoms with E-state index in [9.17, 15) is 27.2 Å². The van der Waals surface area contributed by atoms with E-state index in [1.165, 1.54) is 0 Å². The van der Waals surface area contributed by atoms with Gasteiger partial charge in [-0.05, 0) is 27.7 Å². The maximum Gasteiger partial charge on any atom is 4.00 e. The van der Waals surface area contributed by atoms with Gasteiger partial charge in [-0.25, -0.2) is 51.4 Å². The molecular formula is C30H30F4N2O4Ti. The first-order chi connectivity index (χ1) is 19.0. The smallest absolute Gasteiger partial charge is 0.472 e. The van der Waals surface area contributed by atoms with Crippen molar-refractivity contribution in [1.82, 2.24) is 10.6 Å². The Labute approximate surface area is 252 Å². The summed E-state index contributed by atoms with van der Waals surface area (Å²) in [5.74, 6) is -4.46. The number of carbonyl (C=O) groups excluding carboxylic acids is 2. The summed E-state index contributed by atoms with van der Waals surface area (Å²) >= 11 is 0. The van der Waals surface area contributed by atoms with Gasteiger partial charge in [0.25, 0.3) is 0 Å². The molecular weight excluding hydrogens is 576 g/mol. The SMILES string of the molecule is CC(C)NC(=O)Oc1ccc(F)[c-]c1F.CC(C)NC(=O)Oc1ccc(F)[c-]c1F.[Ti+4].c1cc[cH-]c1.c1cc[cH-]c1. The van der Waals surface area contributed by atoms with Crippen molar-refractivity contribution >= 4 is 12.2 Å². The first kappa shape index (κ1) is 37.1. The standard InChI is InChI=1S/2C10H10F2NO2.2C5H5.Ti/c2*1-6(2)13-10(14)15-9-4-3-7(11)5-8(9)12;2*1-2-4-5-3-1;/h2*3-4,6H,1-2H3,(H,13,14);2*1-5H;/q4*-1;+4. The summed E-state index contributed by atoms with van der Waals surface area (Å²) in [4.78, 5) is 22.1. The number of hydrogen-bond acceptors (Lipinski definition) is 4. The Morgan fingerprint density at radius 2 is 0.976 bits per heavy atom. The molecule has 2 amide bonds. The largest absolute Gasteiger partial charge is 4.00 e. The van der Waals surface area contributed by atoms with E-state index in [1.54, 1.807) is 39.8 Å². The number of ether oxygens (including phenoxy) is 2.